The van der Waals surface area contributed by atoms with Crippen molar-refractivity contribution in [2.24, 2.45) is 0 Å². The summed E-state index contributed by atoms with van der Waals surface area (Å²) in [5.41, 5.74) is 5.32. The number of hydrogen-bond donors (Lipinski definition) is 1. The topological polar surface area (TPSA) is 97.0 Å². The number of hydrogen-bond acceptors (Lipinski definition) is 7. The van der Waals surface area contributed by atoms with Crippen LogP contribution in [-0.2, 0) is 22.1 Å². The first-order valence-corrected chi connectivity index (χ1v) is 9.89. The summed E-state index contributed by atoms with van der Waals surface area (Å²) in [6, 6.07) is 0.918. The van der Waals surface area contributed by atoms with E-state index in [9.17, 15) is 17.7 Å². The molecule has 11 heteroatoms. The lowest BCUT2D eigenvalue weighted by atomic mass is 10.1. The van der Waals surface area contributed by atoms with Gasteiger partial charge in [0.1, 0.15) is 22.6 Å². The predicted octanol–water partition coefficient (Wildman–Crippen LogP) is 3.50. The molecular weight excluding hydrogens is 401 g/mol. The molecule has 2 N–H and O–H groups in total. The van der Waals surface area contributed by atoms with Crippen LogP contribution < -0.4 is 5.73 Å². The fourth-order valence-electron chi connectivity index (χ4n) is 2.50. The Morgan fingerprint density at radius 2 is 2.00 bits per heavy atom. The van der Waals surface area contributed by atoms with Crippen LogP contribution in [0.1, 0.15) is 12.0 Å². The van der Waals surface area contributed by atoms with Gasteiger partial charge in [0.25, 0.3) is 0 Å². The molecule has 0 saturated carbocycles. The van der Waals surface area contributed by atoms with Crippen molar-refractivity contribution in [2.75, 3.05) is 25.2 Å². The zero-order chi connectivity index (χ0) is 19.6. The maximum Gasteiger partial charge on any atom is 0.417 e. The van der Waals surface area contributed by atoms with Crippen molar-refractivity contribution in [1.82, 2.24) is 15.0 Å². The molecule has 0 aliphatic carbocycles. The Balaban J connectivity index is 2.14. The molecule has 3 aromatic heterocycles. The zero-order valence-corrected chi connectivity index (χ0v) is 15.7. The maximum atomic E-state index is 13.7. The van der Waals surface area contributed by atoms with Crippen molar-refractivity contribution < 1.29 is 22.5 Å². The molecule has 0 saturated heterocycles. The van der Waals surface area contributed by atoms with Gasteiger partial charge >= 0.3 is 6.18 Å². The number of nitrogens with zero attached hydrogens (tertiary/aromatic N) is 3. The quantitative estimate of drug-likeness (QED) is 0.488. The minimum Gasteiger partial charge on any atom is -0.611 e. The lowest BCUT2D eigenvalue weighted by Gasteiger charge is -2.11. The Morgan fingerprint density at radius 1 is 1.30 bits per heavy atom. The van der Waals surface area contributed by atoms with E-state index in [2.05, 4.69) is 15.0 Å². The molecule has 3 aromatic rings. The summed E-state index contributed by atoms with van der Waals surface area (Å²) in [5, 5.41) is -0.219. The lowest BCUT2D eigenvalue weighted by molar-refractivity contribution is -0.136. The average Bonchev–Trinajstić information content (AvgIpc) is 2.98. The zero-order valence-electron chi connectivity index (χ0n) is 14.1. The van der Waals surface area contributed by atoms with Crippen molar-refractivity contribution in [1.29, 1.82) is 0 Å². The first-order chi connectivity index (χ1) is 12.8. The summed E-state index contributed by atoms with van der Waals surface area (Å²) in [7, 11) is 1.52. The van der Waals surface area contributed by atoms with E-state index < -0.39 is 22.9 Å². The molecule has 0 spiro atoms. The van der Waals surface area contributed by atoms with E-state index in [0.717, 1.165) is 17.4 Å². The van der Waals surface area contributed by atoms with Crippen LogP contribution in [0.3, 0.4) is 0 Å². The Bertz CT molecular complexity index is 935. The van der Waals surface area contributed by atoms with Crippen LogP contribution in [0.4, 0.5) is 18.9 Å². The number of nitrogens with two attached hydrogens (primary N) is 1. The fourth-order valence-corrected chi connectivity index (χ4v) is 5.12. The molecule has 3 heterocycles. The third-order valence-corrected chi connectivity index (χ3v) is 6.71. The van der Waals surface area contributed by atoms with Gasteiger partial charge in [0, 0.05) is 31.5 Å². The maximum absolute atomic E-state index is 13.7. The van der Waals surface area contributed by atoms with Gasteiger partial charge < -0.3 is 15.0 Å². The molecule has 0 aliphatic heterocycles. The Hall–Kier alpha value is -1.95. The molecular formula is C16H15F3N4O2S2. The van der Waals surface area contributed by atoms with Gasteiger partial charge in [-0.15, -0.1) is 0 Å². The van der Waals surface area contributed by atoms with Gasteiger partial charge in [0.15, 0.2) is 0 Å². The Morgan fingerprint density at radius 3 is 2.63 bits per heavy atom. The van der Waals surface area contributed by atoms with Gasteiger partial charge in [0.2, 0.25) is 4.21 Å². The van der Waals surface area contributed by atoms with E-state index >= 15 is 0 Å². The van der Waals surface area contributed by atoms with Crippen LogP contribution in [0, 0.1) is 0 Å². The first kappa shape index (κ1) is 19.8. The summed E-state index contributed by atoms with van der Waals surface area (Å²) < 4.78 is 58.5. The second kappa shape index (κ2) is 7.97. The van der Waals surface area contributed by atoms with E-state index in [1.54, 1.807) is 0 Å². The normalized spacial score (nSPS) is 13.2. The van der Waals surface area contributed by atoms with Gasteiger partial charge in [-0.3, -0.25) is 0 Å². The SMILES string of the molecule is COCCC[S@@+]([O-])c1sc2nc(-c3cncnc3)cc(C(F)(F)F)c2c1N. The first-order valence-electron chi connectivity index (χ1n) is 7.75. The van der Waals surface area contributed by atoms with Crippen LogP contribution in [0.15, 0.2) is 29.0 Å². The molecule has 0 bridgehead atoms. The average molecular weight is 416 g/mol. The Labute approximate surface area is 159 Å². The number of methoxy groups -OCH3 is 1. The molecule has 6 nitrogen and oxygen atoms in total. The second-order valence-electron chi connectivity index (χ2n) is 5.56. The molecule has 0 radical (unpaired) electrons. The van der Waals surface area contributed by atoms with Gasteiger partial charge in [0.05, 0.1) is 23.3 Å². The highest BCUT2D eigenvalue weighted by Crippen LogP contribution is 2.45. The molecule has 0 amide bonds. The highest BCUT2D eigenvalue weighted by Gasteiger charge is 2.37. The number of anilines is 1. The number of fused-ring (bicyclic) bond motifs is 1. The van der Waals surface area contributed by atoms with E-state index in [0.29, 0.717) is 18.6 Å². The lowest BCUT2D eigenvalue weighted by Crippen LogP contribution is -2.10. The van der Waals surface area contributed by atoms with Gasteiger partial charge in [-0.25, -0.2) is 15.0 Å². The molecule has 1 atom stereocenters. The fraction of sp³-hybridized carbons (Fsp3) is 0.312. The van der Waals surface area contributed by atoms with Crippen LogP contribution in [-0.4, -0.2) is 39.0 Å². The number of halogens is 3. The van der Waals surface area contributed by atoms with Crippen molar-refractivity contribution in [3.8, 4) is 11.3 Å². The van der Waals surface area contributed by atoms with E-state index in [4.69, 9.17) is 10.5 Å². The summed E-state index contributed by atoms with van der Waals surface area (Å²) in [6.07, 6.45) is -0.111. The molecule has 3 rings (SSSR count). The van der Waals surface area contributed by atoms with E-state index in [-0.39, 0.29) is 31.6 Å². The molecule has 0 fully saturated rings. The Kier molecular flexibility index (Phi) is 5.84. The number of thiophene rings is 1. The number of ether oxygens (including phenoxy) is 1. The monoisotopic (exact) mass is 416 g/mol. The largest absolute Gasteiger partial charge is 0.611 e. The minimum absolute atomic E-state index is 0.0772. The van der Waals surface area contributed by atoms with Crippen LogP contribution in [0.25, 0.3) is 21.5 Å². The number of alkyl halides is 3. The van der Waals surface area contributed by atoms with Crippen LogP contribution >= 0.6 is 11.3 Å². The smallest absolute Gasteiger partial charge is 0.417 e. The molecule has 0 aromatic carbocycles. The second-order valence-corrected chi connectivity index (χ2v) is 8.32. The van der Waals surface area contributed by atoms with Gasteiger partial charge in [-0.05, 0) is 17.2 Å². The highest BCUT2D eigenvalue weighted by molar-refractivity contribution is 7.93. The summed E-state index contributed by atoms with van der Waals surface area (Å²) in [4.78, 5) is 12.0. The number of aromatic nitrogens is 3. The van der Waals surface area contributed by atoms with Crippen molar-refractivity contribution in [3.05, 3.63) is 30.4 Å². The number of nitrogen functional groups attached to an aromatic ring is 1. The number of pyridine rings is 1. The standard InChI is InChI=1S/C16H15F3N4O2S2/c1-25-3-2-4-27(24)15-13(20)12-10(16(17,18)19)5-11(23-14(12)26-15)9-6-21-8-22-7-9/h5-8H,2-4,20H2,1H3/t27-/m1/s1. The van der Waals surface area contributed by atoms with Gasteiger partial charge in [-0.2, -0.15) is 13.2 Å². The van der Waals surface area contributed by atoms with Gasteiger partial charge in [-0.1, -0.05) is 11.3 Å². The highest BCUT2D eigenvalue weighted by atomic mass is 32.2. The summed E-state index contributed by atoms with van der Waals surface area (Å²) in [5.74, 6) is 0.242. The molecule has 144 valence electrons. The van der Waals surface area contributed by atoms with Crippen molar-refractivity contribution in [2.45, 2.75) is 16.8 Å². The third kappa shape index (κ3) is 4.15. The van der Waals surface area contributed by atoms with Crippen molar-refractivity contribution >= 4 is 38.4 Å². The molecule has 0 unspecified atom stereocenters. The van der Waals surface area contributed by atoms with Crippen LogP contribution in [0.2, 0.25) is 0 Å². The molecule has 27 heavy (non-hydrogen) atoms. The third-order valence-electron chi connectivity index (χ3n) is 3.71. The minimum atomic E-state index is -4.64. The summed E-state index contributed by atoms with van der Waals surface area (Å²) in [6.45, 7) is 0.404. The summed E-state index contributed by atoms with van der Waals surface area (Å²) >= 11 is -0.623. The molecule has 0 aliphatic rings. The van der Waals surface area contributed by atoms with Crippen LogP contribution in [0.5, 0.6) is 0 Å². The predicted molar refractivity (Wildman–Crippen MR) is 97.8 cm³/mol. The van der Waals surface area contributed by atoms with E-state index in [1.165, 1.54) is 25.8 Å². The van der Waals surface area contributed by atoms with Crippen molar-refractivity contribution in [3.63, 3.8) is 0 Å². The van der Waals surface area contributed by atoms with E-state index in [1.807, 2.05) is 0 Å². The number of rotatable bonds is 6.